The molecule has 0 aliphatic rings. The molecule has 1 N–H and O–H groups in total. The molecule has 2 aromatic rings. The average molecular weight is 398 g/mol. The number of carbonyl (C=O) groups excluding carboxylic acids is 2. The maximum atomic E-state index is 14.3. The quantitative estimate of drug-likeness (QED) is 0.535. The number of halogens is 1. The lowest BCUT2D eigenvalue weighted by Gasteiger charge is -2.13. The first-order valence-corrected chi connectivity index (χ1v) is 9.22. The Morgan fingerprint density at radius 2 is 1.48 bits per heavy atom. The summed E-state index contributed by atoms with van der Waals surface area (Å²) >= 11 is 0. The standard InChI is InChI=1S/C23H23FO5/c1-3-28-22(26)11-9-16-13-18(19-7-5-6-8-21(19)24)14-17(20(16)15-25)10-12-23(27)29-4-2/h5-14,25H,3-4,15H2,1-2H3. The lowest BCUT2D eigenvalue weighted by molar-refractivity contribution is -0.138. The third kappa shape index (κ3) is 6.12. The van der Waals surface area contributed by atoms with E-state index in [0.29, 0.717) is 27.8 Å². The molecule has 29 heavy (non-hydrogen) atoms. The average Bonchev–Trinajstić information content (AvgIpc) is 2.71. The summed E-state index contributed by atoms with van der Waals surface area (Å²) in [6.45, 7) is 3.52. The molecule has 0 atom stereocenters. The van der Waals surface area contributed by atoms with Gasteiger partial charge in [0.15, 0.2) is 0 Å². The van der Waals surface area contributed by atoms with Crippen molar-refractivity contribution in [1.29, 1.82) is 0 Å². The van der Waals surface area contributed by atoms with Crippen LogP contribution >= 0.6 is 0 Å². The van der Waals surface area contributed by atoms with Crippen molar-refractivity contribution in [3.8, 4) is 11.1 Å². The number of aliphatic hydroxyl groups is 1. The molecule has 2 rings (SSSR count). The van der Waals surface area contributed by atoms with Gasteiger partial charge >= 0.3 is 11.9 Å². The molecule has 0 unspecified atom stereocenters. The third-order valence-corrected chi connectivity index (χ3v) is 4.03. The van der Waals surface area contributed by atoms with Crippen molar-refractivity contribution in [2.75, 3.05) is 13.2 Å². The zero-order valence-corrected chi connectivity index (χ0v) is 16.4. The number of rotatable bonds is 8. The molecule has 0 fully saturated rings. The Morgan fingerprint density at radius 1 is 0.966 bits per heavy atom. The van der Waals surface area contributed by atoms with Crippen LogP contribution in [0.1, 0.15) is 30.5 Å². The van der Waals surface area contributed by atoms with Crippen LogP contribution in [0.5, 0.6) is 0 Å². The highest BCUT2D eigenvalue weighted by Gasteiger charge is 2.12. The molecular weight excluding hydrogens is 375 g/mol. The van der Waals surface area contributed by atoms with Gasteiger partial charge in [0.05, 0.1) is 19.8 Å². The van der Waals surface area contributed by atoms with E-state index in [4.69, 9.17) is 9.47 Å². The Kier molecular flexibility index (Phi) is 8.30. The van der Waals surface area contributed by atoms with E-state index < -0.39 is 17.8 Å². The van der Waals surface area contributed by atoms with E-state index in [9.17, 15) is 19.1 Å². The fourth-order valence-electron chi connectivity index (χ4n) is 2.74. The first-order chi connectivity index (χ1) is 14.0. The van der Waals surface area contributed by atoms with E-state index in [1.54, 1.807) is 44.2 Å². The second kappa shape index (κ2) is 10.9. The predicted molar refractivity (Wildman–Crippen MR) is 109 cm³/mol. The number of aliphatic hydroxyl groups excluding tert-OH is 1. The maximum absolute atomic E-state index is 14.3. The molecule has 5 nitrogen and oxygen atoms in total. The number of carbonyl (C=O) groups is 2. The Bertz CT molecular complexity index is 882. The topological polar surface area (TPSA) is 72.8 Å². The van der Waals surface area contributed by atoms with Crippen LogP contribution in [0.3, 0.4) is 0 Å². The summed E-state index contributed by atoms with van der Waals surface area (Å²) in [5, 5.41) is 9.88. The molecular formula is C23H23FO5. The third-order valence-electron chi connectivity index (χ3n) is 4.03. The van der Waals surface area contributed by atoms with Crippen LogP contribution in [0, 0.1) is 5.82 Å². The van der Waals surface area contributed by atoms with Gasteiger partial charge in [-0.2, -0.15) is 0 Å². The van der Waals surface area contributed by atoms with Crippen LogP contribution in [0.15, 0.2) is 48.6 Å². The molecule has 0 aliphatic carbocycles. The van der Waals surface area contributed by atoms with E-state index in [1.165, 1.54) is 30.4 Å². The molecule has 0 amide bonds. The SMILES string of the molecule is CCOC(=O)C=Cc1cc(-c2ccccc2F)cc(C=CC(=O)OCC)c1CO. The van der Waals surface area contributed by atoms with Crippen LogP contribution in [0.2, 0.25) is 0 Å². The van der Waals surface area contributed by atoms with Gasteiger partial charge in [0, 0.05) is 17.7 Å². The van der Waals surface area contributed by atoms with Crippen molar-refractivity contribution in [2.45, 2.75) is 20.5 Å². The Labute approximate surface area is 169 Å². The summed E-state index contributed by atoms with van der Waals surface area (Å²) < 4.78 is 24.1. The summed E-state index contributed by atoms with van der Waals surface area (Å²) in [6.07, 6.45) is 5.47. The van der Waals surface area contributed by atoms with Crippen molar-refractivity contribution in [3.63, 3.8) is 0 Å². The minimum Gasteiger partial charge on any atom is -0.463 e. The minimum atomic E-state index is -0.531. The van der Waals surface area contributed by atoms with E-state index in [-0.39, 0.29) is 19.8 Å². The number of esters is 2. The molecule has 0 saturated heterocycles. The predicted octanol–water partition coefficient (Wildman–Crippen LogP) is 4.14. The second-order valence-corrected chi connectivity index (χ2v) is 5.94. The van der Waals surface area contributed by atoms with Crippen LogP contribution in [-0.4, -0.2) is 30.3 Å². The molecule has 6 heteroatoms. The Hall–Kier alpha value is -3.25. The smallest absolute Gasteiger partial charge is 0.330 e. The van der Waals surface area contributed by atoms with E-state index in [0.717, 1.165) is 0 Å². The molecule has 0 aliphatic heterocycles. The number of benzene rings is 2. The normalized spacial score (nSPS) is 11.2. The molecule has 0 spiro atoms. The fraction of sp³-hybridized carbons (Fsp3) is 0.217. The van der Waals surface area contributed by atoms with Crippen molar-refractivity contribution in [2.24, 2.45) is 0 Å². The molecule has 0 bridgehead atoms. The van der Waals surface area contributed by atoms with Crippen molar-refractivity contribution < 1.29 is 28.6 Å². The van der Waals surface area contributed by atoms with E-state index in [2.05, 4.69) is 0 Å². The largest absolute Gasteiger partial charge is 0.463 e. The van der Waals surface area contributed by atoms with Gasteiger partial charge in [-0.25, -0.2) is 14.0 Å². The van der Waals surface area contributed by atoms with Gasteiger partial charge in [-0.3, -0.25) is 0 Å². The first kappa shape index (κ1) is 22.0. The molecule has 0 heterocycles. The van der Waals surface area contributed by atoms with Crippen molar-refractivity contribution in [1.82, 2.24) is 0 Å². The lowest BCUT2D eigenvalue weighted by Crippen LogP contribution is -2.01. The summed E-state index contributed by atoms with van der Waals surface area (Å²) in [7, 11) is 0. The zero-order valence-electron chi connectivity index (χ0n) is 16.4. The summed E-state index contributed by atoms with van der Waals surface area (Å²) in [5.74, 6) is -1.47. The molecule has 0 aromatic heterocycles. The van der Waals surface area contributed by atoms with Gasteiger partial charge in [-0.05, 0) is 66.5 Å². The zero-order chi connectivity index (χ0) is 21.2. The summed E-state index contributed by atoms with van der Waals surface area (Å²) in [5.41, 5.74) is 2.38. The monoisotopic (exact) mass is 398 g/mol. The van der Waals surface area contributed by atoms with Gasteiger partial charge in [-0.1, -0.05) is 18.2 Å². The summed E-state index contributed by atoms with van der Waals surface area (Å²) in [4.78, 5) is 23.4. The van der Waals surface area contributed by atoms with Crippen molar-refractivity contribution >= 4 is 24.1 Å². The Balaban J connectivity index is 2.59. The van der Waals surface area contributed by atoms with Gasteiger partial charge in [-0.15, -0.1) is 0 Å². The van der Waals surface area contributed by atoms with Gasteiger partial charge in [0.25, 0.3) is 0 Å². The van der Waals surface area contributed by atoms with Gasteiger partial charge in [0.2, 0.25) is 0 Å². The minimum absolute atomic E-state index is 0.235. The second-order valence-electron chi connectivity index (χ2n) is 5.94. The molecule has 0 saturated carbocycles. The van der Waals surface area contributed by atoms with Gasteiger partial charge < -0.3 is 14.6 Å². The fourth-order valence-corrected chi connectivity index (χ4v) is 2.74. The van der Waals surface area contributed by atoms with Crippen LogP contribution < -0.4 is 0 Å². The molecule has 0 radical (unpaired) electrons. The first-order valence-electron chi connectivity index (χ1n) is 9.22. The maximum Gasteiger partial charge on any atom is 0.330 e. The number of hydrogen-bond donors (Lipinski definition) is 1. The highest BCUT2D eigenvalue weighted by molar-refractivity contribution is 5.90. The van der Waals surface area contributed by atoms with E-state index in [1.807, 2.05) is 0 Å². The summed E-state index contributed by atoms with van der Waals surface area (Å²) in [6, 6.07) is 9.60. The lowest BCUT2D eigenvalue weighted by atomic mass is 9.93. The highest BCUT2D eigenvalue weighted by Crippen LogP contribution is 2.29. The molecule has 2 aromatic carbocycles. The van der Waals surface area contributed by atoms with Crippen LogP contribution in [0.4, 0.5) is 4.39 Å². The van der Waals surface area contributed by atoms with Crippen LogP contribution in [0.25, 0.3) is 23.3 Å². The number of ether oxygens (including phenoxy) is 2. The van der Waals surface area contributed by atoms with Crippen molar-refractivity contribution in [3.05, 3.63) is 71.1 Å². The van der Waals surface area contributed by atoms with Gasteiger partial charge in [0.1, 0.15) is 5.82 Å². The number of hydrogen-bond acceptors (Lipinski definition) is 5. The van der Waals surface area contributed by atoms with Crippen LogP contribution in [-0.2, 0) is 25.7 Å². The van der Waals surface area contributed by atoms with E-state index >= 15 is 0 Å². The Morgan fingerprint density at radius 3 is 1.93 bits per heavy atom. The molecule has 152 valence electrons. The highest BCUT2D eigenvalue weighted by atomic mass is 19.1.